The summed E-state index contributed by atoms with van der Waals surface area (Å²) >= 11 is 0. The highest BCUT2D eigenvalue weighted by Crippen LogP contribution is 2.63. The summed E-state index contributed by atoms with van der Waals surface area (Å²) in [6.45, 7) is 0. The molecule has 8 aromatic carbocycles. The van der Waals surface area contributed by atoms with Crippen molar-refractivity contribution in [2.24, 2.45) is 9.98 Å². The fourth-order valence-electron chi connectivity index (χ4n) is 9.09. The van der Waals surface area contributed by atoms with Crippen LogP contribution in [0.15, 0.2) is 210 Å². The highest BCUT2D eigenvalue weighted by molar-refractivity contribution is 6.18. The number of aliphatic imine (C=N–C) groups is 2. The van der Waals surface area contributed by atoms with E-state index in [2.05, 4.69) is 181 Å². The first-order valence-corrected chi connectivity index (χ1v) is 19.1. The van der Waals surface area contributed by atoms with Gasteiger partial charge in [0.25, 0.3) is 0 Å². The monoisotopic (exact) mass is 717 g/mol. The summed E-state index contributed by atoms with van der Waals surface area (Å²) in [6.07, 6.45) is -0.478. The number of nitrogens with zero attached hydrogens (tertiary/aromatic N) is 2. The molecule has 2 aliphatic heterocycles. The van der Waals surface area contributed by atoms with Gasteiger partial charge in [-0.05, 0) is 45.0 Å². The molecule has 0 amide bonds. The number of benzene rings is 8. The van der Waals surface area contributed by atoms with Crippen LogP contribution in [0.2, 0.25) is 0 Å². The van der Waals surface area contributed by atoms with Crippen LogP contribution in [0.25, 0.3) is 33.4 Å². The summed E-state index contributed by atoms with van der Waals surface area (Å²) in [5, 5.41) is 3.68. The lowest BCUT2D eigenvalue weighted by Gasteiger charge is -2.40. The summed E-state index contributed by atoms with van der Waals surface area (Å²) in [5.74, 6) is 3.24. The number of fused-ring (bicyclic) bond motifs is 9. The maximum absolute atomic E-state index is 7.08. The van der Waals surface area contributed by atoms with Gasteiger partial charge in [0.15, 0.2) is 6.17 Å². The van der Waals surface area contributed by atoms with E-state index in [1.165, 1.54) is 22.3 Å². The van der Waals surface area contributed by atoms with E-state index in [1.54, 1.807) is 0 Å². The van der Waals surface area contributed by atoms with Crippen molar-refractivity contribution < 1.29 is 4.74 Å². The number of hydrogen-bond donors (Lipinski definition) is 1. The molecule has 1 spiro atoms. The van der Waals surface area contributed by atoms with Gasteiger partial charge in [0, 0.05) is 33.4 Å². The van der Waals surface area contributed by atoms with Gasteiger partial charge in [0.05, 0.1) is 5.41 Å². The number of ether oxygens (including phenoxy) is 1. The van der Waals surface area contributed by atoms with Crippen molar-refractivity contribution in [3.63, 3.8) is 0 Å². The van der Waals surface area contributed by atoms with Crippen LogP contribution < -0.4 is 10.1 Å². The fourth-order valence-corrected chi connectivity index (χ4v) is 9.09. The Morgan fingerprint density at radius 2 is 0.875 bits per heavy atom. The first kappa shape index (κ1) is 32.2. The van der Waals surface area contributed by atoms with Gasteiger partial charge < -0.3 is 10.1 Å². The van der Waals surface area contributed by atoms with Crippen LogP contribution in [-0.4, -0.2) is 11.7 Å². The predicted octanol–water partition coefficient (Wildman–Crippen LogP) is 12.0. The molecule has 11 rings (SSSR count). The minimum atomic E-state index is -0.553. The van der Waals surface area contributed by atoms with Crippen molar-refractivity contribution in [3.05, 3.63) is 239 Å². The predicted molar refractivity (Wildman–Crippen MR) is 227 cm³/mol. The van der Waals surface area contributed by atoms with Gasteiger partial charge in [0.2, 0.25) is 0 Å². The maximum Gasteiger partial charge on any atom is 0.170 e. The molecule has 56 heavy (non-hydrogen) atoms. The molecule has 0 saturated heterocycles. The molecule has 8 aromatic rings. The molecule has 3 aliphatic rings. The number of hydrogen-bond acceptors (Lipinski definition) is 4. The second-order valence-electron chi connectivity index (χ2n) is 14.4. The van der Waals surface area contributed by atoms with E-state index in [1.807, 2.05) is 24.3 Å². The Hall–Kier alpha value is -7.30. The van der Waals surface area contributed by atoms with Crippen LogP contribution >= 0.6 is 0 Å². The fraction of sp³-hybridized carbons (Fsp3) is 0.0385. The quantitative estimate of drug-likeness (QED) is 0.193. The Labute approximate surface area is 326 Å². The van der Waals surface area contributed by atoms with Crippen molar-refractivity contribution in [2.45, 2.75) is 11.6 Å². The van der Waals surface area contributed by atoms with Crippen molar-refractivity contribution in [1.29, 1.82) is 0 Å². The largest absolute Gasteiger partial charge is 0.456 e. The molecule has 2 heterocycles. The number of nitrogens with one attached hydrogen (secondary N) is 1. The van der Waals surface area contributed by atoms with Crippen LogP contribution in [0.4, 0.5) is 0 Å². The lowest BCUT2D eigenvalue weighted by atomic mass is 9.65. The van der Waals surface area contributed by atoms with Crippen molar-refractivity contribution in [2.75, 3.05) is 0 Å². The molecular weight excluding hydrogens is 683 g/mol. The van der Waals surface area contributed by atoms with E-state index in [0.717, 1.165) is 73.2 Å². The summed E-state index contributed by atoms with van der Waals surface area (Å²) in [6, 6.07) is 70.6. The minimum Gasteiger partial charge on any atom is -0.456 e. The average molecular weight is 718 g/mol. The third kappa shape index (κ3) is 4.86. The van der Waals surface area contributed by atoms with Crippen LogP contribution in [-0.2, 0) is 5.41 Å². The summed E-state index contributed by atoms with van der Waals surface area (Å²) < 4.78 is 7.08. The summed E-state index contributed by atoms with van der Waals surface area (Å²) in [4.78, 5) is 10.7. The standard InChI is InChI=1S/C52H35N3O/c1-3-18-34(19-4-1)36-22-7-9-26-41(36)50-53-49(35-20-5-2-6-21-35)54-51(55-50)42-27-10-8-23-37(42)40-28-17-32-46-48(40)56-47-33-16-15-31-45(47)52(46)43-29-13-11-24-38(43)39-25-12-14-30-44(39)52/h1-33,50H,(H,53,54,55). The number of para-hydroxylation sites is 2. The Bertz CT molecular complexity index is 2830. The van der Waals surface area contributed by atoms with Gasteiger partial charge in [-0.15, -0.1) is 0 Å². The Balaban J connectivity index is 1.12. The van der Waals surface area contributed by atoms with Gasteiger partial charge in [-0.25, -0.2) is 9.98 Å². The van der Waals surface area contributed by atoms with E-state index in [-0.39, 0.29) is 0 Å². The maximum atomic E-state index is 7.08. The van der Waals surface area contributed by atoms with Gasteiger partial charge in [0.1, 0.15) is 23.2 Å². The van der Waals surface area contributed by atoms with Gasteiger partial charge in [-0.2, -0.15) is 0 Å². The highest BCUT2D eigenvalue weighted by atomic mass is 16.5. The highest BCUT2D eigenvalue weighted by Gasteiger charge is 2.51. The van der Waals surface area contributed by atoms with Crippen molar-refractivity contribution in [1.82, 2.24) is 5.32 Å². The molecular formula is C52H35N3O. The van der Waals surface area contributed by atoms with Crippen molar-refractivity contribution in [3.8, 4) is 44.9 Å². The molecule has 1 N–H and O–H groups in total. The molecule has 0 saturated carbocycles. The Kier molecular flexibility index (Phi) is 7.42. The zero-order valence-corrected chi connectivity index (χ0v) is 30.4. The second kappa shape index (κ2) is 12.9. The molecule has 1 atom stereocenters. The van der Waals surface area contributed by atoms with Crippen LogP contribution in [0, 0.1) is 0 Å². The SMILES string of the molecule is c1ccc(C2=NC(c3ccccc3-c3ccccc3)N=C(c3ccccc3-c3cccc4c3Oc3ccccc3C43c4ccccc4-c4ccccc43)N2)cc1. The molecule has 0 aromatic heterocycles. The van der Waals surface area contributed by atoms with Gasteiger partial charge >= 0.3 is 0 Å². The molecule has 4 heteroatoms. The van der Waals surface area contributed by atoms with E-state index in [0.29, 0.717) is 0 Å². The molecule has 0 bridgehead atoms. The number of rotatable bonds is 5. The molecule has 0 radical (unpaired) electrons. The van der Waals surface area contributed by atoms with E-state index in [4.69, 9.17) is 14.7 Å². The van der Waals surface area contributed by atoms with Crippen LogP contribution in [0.1, 0.15) is 45.1 Å². The summed E-state index contributed by atoms with van der Waals surface area (Å²) in [5.41, 5.74) is 14.0. The second-order valence-corrected chi connectivity index (χ2v) is 14.4. The van der Waals surface area contributed by atoms with E-state index >= 15 is 0 Å². The molecule has 4 nitrogen and oxygen atoms in total. The third-order valence-corrected chi connectivity index (χ3v) is 11.5. The smallest absolute Gasteiger partial charge is 0.170 e. The average Bonchev–Trinajstić information content (AvgIpc) is 3.57. The molecule has 0 fully saturated rings. The molecule has 264 valence electrons. The third-order valence-electron chi connectivity index (χ3n) is 11.5. The van der Waals surface area contributed by atoms with E-state index < -0.39 is 11.6 Å². The van der Waals surface area contributed by atoms with E-state index in [9.17, 15) is 0 Å². The Morgan fingerprint density at radius 1 is 0.375 bits per heavy atom. The normalized spacial score (nSPS) is 15.6. The first-order chi connectivity index (χ1) is 27.8. The molecule has 1 aliphatic carbocycles. The van der Waals surface area contributed by atoms with Gasteiger partial charge in [-0.1, -0.05) is 194 Å². The lowest BCUT2D eigenvalue weighted by molar-refractivity contribution is 0.438. The topological polar surface area (TPSA) is 46.0 Å². The lowest BCUT2D eigenvalue weighted by Crippen LogP contribution is -2.36. The minimum absolute atomic E-state index is 0.478. The molecule has 1 unspecified atom stereocenters. The van der Waals surface area contributed by atoms with Crippen LogP contribution in [0.3, 0.4) is 0 Å². The van der Waals surface area contributed by atoms with Crippen molar-refractivity contribution >= 4 is 11.7 Å². The Morgan fingerprint density at radius 3 is 1.59 bits per heavy atom. The first-order valence-electron chi connectivity index (χ1n) is 19.1. The van der Waals surface area contributed by atoms with Crippen LogP contribution in [0.5, 0.6) is 11.5 Å². The zero-order valence-electron chi connectivity index (χ0n) is 30.4. The zero-order chi connectivity index (χ0) is 37.1. The van der Waals surface area contributed by atoms with Gasteiger partial charge in [-0.3, -0.25) is 0 Å². The number of amidine groups is 2. The summed E-state index contributed by atoms with van der Waals surface area (Å²) in [7, 11) is 0.